The van der Waals surface area contributed by atoms with E-state index in [-0.39, 0.29) is 0 Å². The average Bonchev–Trinajstić information content (AvgIpc) is 2.66. The van der Waals surface area contributed by atoms with Gasteiger partial charge in [-0.2, -0.15) is 10.4 Å². The quantitative estimate of drug-likeness (QED) is 0.722. The minimum absolute atomic E-state index is 0.338. The van der Waals surface area contributed by atoms with Crippen LogP contribution in [0.15, 0.2) is 0 Å². The summed E-state index contributed by atoms with van der Waals surface area (Å²) in [6.45, 7) is 8.44. The first kappa shape index (κ1) is 11.0. The fourth-order valence-corrected chi connectivity index (χ4v) is 2.43. The molecule has 0 aromatic carbocycles. The van der Waals surface area contributed by atoms with Crippen molar-refractivity contribution in [3.8, 4) is 6.07 Å². The molecule has 1 saturated heterocycles. The van der Waals surface area contributed by atoms with E-state index in [0.717, 1.165) is 30.2 Å². The average molecular weight is 218 g/mol. The first-order chi connectivity index (χ1) is 7.44. The third-order valence-electron chi connectivity index (χ3n) is 3.28. The monoisotopic (exact) mass is 218 g/mol. The summed E-state index contributed by atoms with van der Waals surface area (Å²) in [4.78, 5) is 2.28. The SMILES string of the molecule is Cc1nn(C)c(N2CCC(C)(C)C2)c1C#N. The molecule has 1 fully saturated rings. The van der Waals surface area contributed by atoms with E-state index >= 15 is 0 Å². The lowest BCUT2D eigenvalue weighted by Gasteiger charge is -2.21. The Morgan fingerprint density at radius 2 is 2.12 bits per heavy atom. The van der Waals surface area contributed by atoms with E-state index in [2.05, 4.69) is 29.9 Å². The molecule has 0 radical (unpaired) electrons. The molecule has 0 N–H and O–H groups in total. The van der Waals surface area contributed by atoms with Crippen LogP contribution in [0.4, 0.5) is 5.82 Å². The predicted molar refractivity (Wildman–Crippen MR) is 63.3 cm³/mol. The molecule has 2 rings (SSSR count). The summed E-state index contributed by atoms with van der Waals surface area (Å²) in [6, 6.07) is 2.26. The minimum Gasteiger partial charge on any atom is -0.355 e. The Bertz CT molecular complexity index is 450. The smallest absolute Gasteiger partial charge is 0.144 e. The molecule has 16 heavy (non-hydrogen) atoms. The Morgan fingerprint density at radius 1 is 1.44 bits per heavy atom. The normalized spacial score (nSPS) is 18.8. The van der Waals surface area contributed by atoms with Crippen molar-refractivity contribution in [2.24, 2.45) is 12.5 Å². The van der Waals surface area contributed by atoms with Gasteiger partial charge in [-0.05, 0) is 18.8 Å². The van der Waals surface area contributed by atoms with E-state index < -0.39 is 0 Å². The summed E-state index contributed by atoms with van der Waals surface area (Å²) in [5.74, 6) is 0.977. The highest BCUT2D eigenvalue weighted by Crippen LogP contribution is 2.34. The Morgan fingerprint density at radius 3 is 2.62 bits per heavy atom. The zero-order valence-corrected chi connectivity index (χ0v) is 10.4. The van der Waals surface area contributed by atoms with Crippen LogP contribution in [0.5, 0.6) is 0 Å². The highest BCUT2D eigenvalue weighted by molar-refractivity contribution is 5.57. The molecule has 1 aliphatic rings. The number of aromatic nitrogens is 2. The summed E-state index contributed by atoms with van der Waals surface area (Å²) in [6.07, 6.45) is 1.17. The van der Waals surface area contributed by atoms with Crippen molar-refractivity contribution in [3.63, 3.8) is 0 Å². The number of nitriles is 1. The predicted octanol–water partition coefficient (Wildman–Crippen LogP) is 1.84. The van der Waals surface area contributed by atoms with Gasteiger partial charge in [-0.1, -0.05) is 13.8 Å². The summed E-state index contributed by atoms with van der Waals surface area (Å²) in [5.41, 5.74) is 1.88. The maximum Gasteiger partial charge on any atom is 0.144 e. The van der Waals surface area contributed by atoms with Crippen LogP contribution in [0.25, 0.3) is 0 Å². The van der Waals surface area contributed by atoms with Crippen LogP contribution >= 0.6 is 0 Å². The molecular weight excluding hydrogens is 200 g/mol. The molecule has 1 aromatic heterocycles. The molecule has 0 amide bonds. The van der Waals surface area contributed by atoms with Crippen molar-refractivity contribution in [2.45, 2.75) is 27.2 Å². The van der Waals surface area contributed by atoms with Gasteiger partial charge in [0.15, 0.2) is 0 Å². The molecule has 1 aromatic rings. The van der Waals surface area contributed by atoms with Gasteiger partial charge >= 0.3 is 0 Å². The largest absolute Gasteiger partial charge is 0.355 e. The van der Waals surface area contributed by atoms with Crippen LogP contribution < -0.4 is 4.90 Å². The number of aryl methyl sites for hydroxylation is 2. The van der Waals surface area contributed by atoms with E-state index in [1.54, 1.807) is 0 Å². The number of nitrogens with zero attached hydrogens (tertiary/aromatic N) is 4. The zero-order chi connectivity index (χ0) is 11.9. The molecular formula is C12H18N4. The van der Waals surface area contributed by atoms with Gasteiger partial charge in [0.2, 0.25) is 0 Å². The molecule has 2 heterocycles. The Labute approximate surface area is 96.5 Å². The van der Waals surface area contributed by atoms with Gasteiger partial charge in [0.1, 0.15) is 17.5 Å². The van der Waals surface area contributed by atoms with E-state index in [9.17, 15) is 5.26 Å². The topological polar surface area (TPSA) is 44.9 Å². The summed E-state index contributed by atoms with van der Waals surface area (Å²) in [7, 11) is 1.91. The zero-order valence-electron chi connectivity index (χ0n) is 10.4. The van der Waals surface area contributed by atoms with Gasteiger partial charge in [-0.3, -0.25) is 4.68 Å². The Kier molecular flexibility index (Phi) is 2.42. The lowest BCUT2D eigenvalue weighted by molar-refractivity contribution is 0.418. The second-order valence-electron chi connectivity index (χ2n) is 5.36. The maximum absolute atomic E-state index is 9.17. The number of hydrogen-bond acceptors (Lipinski definition) is 3. The van der Waals surface area contributed by atoms with Crippen LogP contribution in [-0.4, -0.2) is 22.9 Å². The highest BCUT2D eigenvalue weighted by Gasteiger charge is 2.32. The van der Waals surface area contributed by atoms with Gasteiger partial charge in [0.05, 0.1) is 5.69 Å². The van der Waals surface area contributed by atoms with E-state index in [1.165, 1.54) is 6.42 Å². The van der Waals surface area contributed by atoms with E-state index in [4.69, 9.17) is 0 Å². The molecule has 1 aliphatic heterocycles. The molecule has 86 valence electrons. The highest BCUT2D eigenvalue weighted by atomic mass is 15.4. The minimum atomic E-state index is 0.338. The van der Waals surface area contributed by atoms with Crippen molar-refractivity contribution in [1.82, 2.24) is 9.78 Å². The number of anilines is 1. The molecule has 0 unspecified atom stereocenters. The Hall–Kier alpha value is -1.50. The summed E-state index contributed by atoms with van der Waals surface area (Å²) in [5, 5.41) is 13.5. The summed E-state index contributed by atoms with van der Waals surface area (Å²) >= 11 is 0. The maximum atomic E-state index is 9.17. The first-order valence-corrected chi connectivity index (χ1v) is 5.63. The van der Waals surface area contributed by atoms with Gasteiger partial charge in [-0.25, -0.2) is 0 Å². The fourth-order valence-electron chi connectivity index (χ4n) is 2.43. The number of rotatable bonds is 1. The molecule has 0 spiro atoms. The van der Waals surface area contributed by atoms with Crippen LogP contribution in [0.3, 0.4) is 0 Å². The van der Waals surface area contributed by atoms with Crippen molar-refractivity contribution >= 4 is 5.82 Å². The van der Waals surface area contributed by atoms with E-state index in [0.29, 0.717) is 5.41 Å². The third kappa shape index (κ3) is 1.67. The molecule has 0 bridgehead atoms. The van der Waals surface area contributed by atoms with Crippen molar-refractivity contribution in [3.05, 3.63) is 11.3 Å². The lowest BCUT2D eigenvalue weighted by atomic mass is 9.93. The molecule has 4 heteroatoms. The van der Waals surface area contributed by atoms with Crippen LogP contribution in [0, 0.1) is 23.7 Å². The van der Waals surface area contributed by atoms with Gasteiger partial charge < -0.3 is 4.90 Å². The lowest BCUT2D eigenvalue weighted by Crippen LogP contribution is -2.25. The molecule has 0 aliphatic carbocycles. The second kappa shape index (κ2) is 3.51. The molecule has 4 nitrogen and oxygen atoms in total. The van der Waals surface area contributed by atoms with Gasteiger partial charge in [0.25, 0.3) is 0 Å². The van der Waals surface area contributed by atoms with Crippen molar-refractivity contribution in [2.75, 3.05) is 18.0 Å². The fraction of sp³-hybridized carbons (Fsp3) is 0.667. The van der Waals surface area contributed by atoms with Crippen LogP contribution in [0.2, 0.25) is 0 Å². The first-order valence-electron chi connectivity index (χ1n) is 5.63. The number of hydrogen-bond donors (Lipinski definition) is 0. The summed E-state index contributed by atoms with van der Waals surface area (Å²) < 4.78 is 1.83. The van der Waals surface area contributed by atoms with Crippen molar-refractivity contribution in [1.29, 1.82) is 5.26 Å². The molecule has 0 saturated carbocycles. The van der Waals surface area contributed by atoms with Gasteiger partial charge in [0, 0.05) is 20.1 Å². The van der Waals surface area contributed by atoms with Crippen molar-refractivity contribution < 1.29 is 0 Å². The standard InChI is InChI=1S/C12H18N4/c1-9-10(7-13)11(15(4)14-9)16-6-5-12(2,3)8-16/h5-6,8H2,1-4H3. The molecule has 0 atom stereocenters. The third-order valence-corrected chi connectivity index (χ3v) is 3.28. The van der Waals surface area contributed by atoms with Crippen LogP contribution in [0.1, 0.15) is 31.5 Å². The Balaban J connectivity index is 2.39. The van der Waals surface area contributed by atoms with E-state index in [1.807, 2.05) is 18.7 Å². The second-order valence-corrected chi connectivity index (χ2v) is 5.36. The van der Waals surface area contributed by atoms with Crippen LogP contribution in [-0.2, 0) is 7.05 Å². The van der Waals surface area contributed by atoms with Gasteiger partial charge in [-0.15, -0.1) is 0 Å².